The number of rotatable bonds is 4. The van der Waals surface area contributed by atoms with Crippen molar-refractivity contribution >= 4 is 26.5 Å². The molecule has 3 rings (SSSR count). The van der Waals surface area contributed by atoms with Gasteiger partial charge >= 0.3 is 0 Å². The van der Waals surface area contributed by atoms with E-state index in [-0.39, 0.29) is 11.9 Å². The number of nitrogens with one attached hydrogen (secondary N) is 1. The van der Waals surface area contributed by atoms with Gasteiger partial charge in [-0.1, -0.05) is 18.2 Å². The Bertz CT molecular complexity index is 1050. The second-order valence-electron chi connectivity index (χ2n) is 6.67. The molecule has 0 fully saturated rings. The highest BCUT2D eigenvalue weighted by atomic mass is 32.2. The van der Waals surface area contributed by atoms with Crippen LogP contribution in [0.3, 0.4) is 0 Å². The molecule has 2 aromatic carbocycles. The van der Waals surface area contributed by atoms with Crippen LogP contribution in [0.4, 0.5) is 5.69 Å². The fraction of sp³-hybridized carbons (Fsp3) is 0.263. The van der Waals surface area contributed by atoms with Crippen molar-refractivity contribution in [2.45, 2.75) is 26.8 Å². The molecule has 0 saturated heterocycles. The summed E-state index contributed by atoms with van der Waals surface area (Å²) in [6.07, 6.45) is 3.08. The maximum absolute atomic E-state index is 11.4. The lowest BCUT2D eigenvalue weighted by molar-refractivity contribution is 0.405. The number of benzene rings is 2. The van der Waals surface area contributed by atoms with Crippen LogP contribution in [0.5, 0.6) is 5.88 Å². The van der Waals surface area contributed by atoms with Gasteiger partial charge in [0.05, 0.1) is 6.26 Å². The summed E-state index contributed by atoms with van der Waals surface area (Å²) in [6.45, 7) is 6.01. The summed E-state index contributed by atoms with van der Waals surface area (Å²) in [4.78, 5) is 0. The Morgan fingerprint density at radius 1 is 1.12 bits per heavy atom. The zero-order chi connectivity index (χ0) is 18.4. The number of sulfonamides is 1. The molecule has 5 nitrogen and oxygen atoms in total. The summed E-state index contributed by atoms with van der Waals surface area (Å²) >= 11 is 0. The lowest BCUT2D eigenvalue weighted by Crippen LogP contribution is -2.09. The zero-order valence-corrected chi connectivity index (χ0v) is 15.6. The normalized spacial score (nSPS) is 12.0. The molecule has 0 spiro atoms. The van der Waals surface area contributed by atoms with E-state index in [4.69, 9.17) is 0 Å². The number of aromatic nitrogens is 1. The van der Waals surface area contributed by atoms with Crippen molar-refractivity contribution in [3.8, 4) is 17.0 Å². The number of fused-ring (bicyclic) bond motifs is 1. The van der Waals surface area contributed by atoms with Gasteiger partial charge in [-0.25, -0.2) is 8.42 Å². The monoisotopic (exact) mass is 358 g/mol. The second kappa shape index (κ2) is 6.11. The summed E-state index contributed by atoms with van der Waals surface area (Å²) in [7, 11) is -3.32. The van der Waals surface area contributed by atoms with Gasteiger partial charge in [-0.05, 0) is 55.7 Å². The first kappa shape index (κ1) is 17.4. The quantitative estimate of drug-likeness (QED) is 0.731. The van der Waals surface area contributed by atoms with Gasteiger partial charge in [0.2, 0.25) is 10.0 Å². The SMILES string of the molecule is Cc1cc(-c2cccc(NS(C)(=O)=O)c2)cc2cn(C(C)C)c(O)c12. The Morgan fingerprint density at radius 2 is 1.84 bits per heavy atom. The van der Waals surface area contributed by atoms with E-state index in [1.54, 1.807) is 12.1 Å². The third-order valence-electron chi connectivity index (χ3n) is 4.17. The molecule has 0 aliphatic rings. The molecule has 0 radical (unpaired) electrons. The predicted molar refractivity (Wildman–Crippen MR) is 103 cm³/mol. The van der Waals surface area contributed by atoms with E-state index in [1.165, 1.54) is 0 Å². The van der Waals surface area contributed by atoms with Crippen LogP contribution in [0, 0.1) is 6.92 Å². The number of aromatic hydroxyl groups is 1. The summed E-state index contributed by atoms with van der Waals surface area (Å²) in [5.74, 6) is 0.279. The van der Waals surface area contributed by atoms with E-state index in [2.05, 4.69) is 4.72 Å². The molecule has 3 aromatic rings. The Hall–Kier alpha value is -2.47. The molecule has 1 heterocycles. The van der Waals surface area contributed by atoms with Crippen molar-refractivity contribution in [1.29, 1.82) is 0 Å². The molecule has 0 atom stereocenters. The first-order chi connectivity index (χ1) is 11.7. The first-order valence-electron chi connectivity index (χ1n) is 8.08. The van der Waals surface area contributed by atoms with Gasteiger partial charge in [0, 0.05) is 28.7 Å². The van der Waals surface area contributed by atoms with Crippen LogP contribution >= 0.6 is 0 Å². The van der Waals surface area contributed by atoms with Crippen LogP contribution in [0.1, 0.15) is 25.5 Å². The molecule has 25 heavy (non-hydrogen) atoms. The van der Waals surface area contributed by atoms with Crippen LogP contribution in [-0.4, -0.2) is 24.3 Å². The topological polar surface area (TPSA) is 71.3 Å². The van der Waals surface area contributed by atoms with Crippen molar-refractivity contribution in [1.82, 2.24) is 4.57 Å². The Labute approximate surface area is 148 Å². The standard InChI is InChI=1S/C19H22N2O3S/c1-12(2)21-11-16-9-15(8-13(3)18(16)19(21)22)14-6-5-7-17(10-14)20-25(4,23)24/h5-12,20,22H,1-4H3. The number of hydrogen-bond acceptors (Lipinski definition) is 3. The highest BCUT2D eigenvalue weighted by molar-refractivity contribution is 7.92. The molecule has 6 heteroatoms. The minimum Gasteiger partial charge on any atom is -0.494 e. The third-order valence-corrected chi connectivity index (χ3v) is 4.77. The smallest absolute Gasteiger partial charge is 0.229 e. The van der Waals surface area contributed by atoms with Gasteiger partial charge in [-0.15, -0.1) is 0 Å². The van der Waals surface area contributed by atoms with Crippen molar-refractivity contribution in [3.05, 3.63) is 48.2 Å². The number of anilines is 1. The van der Waals surface area contributed by atoms with Crippen LogP contribution in [0.25, 0.3) is 21.9 Å². The number of nitrogens with zero attached hydrogens (tertiary/aromatic N) is 1. The number of aryl methyl sites for hydroxylation is 1. The predicted octanol–water partition coefficient (Wildman–Crippen LogP) is 4.27. The molecule has 0 aliphatic carbocycles. The Kier molecular flexibility index (Phi) is 4.24. The minimum absolute atomic E-state index is 0.164. The lowest BCUT2D eigenvalue weighted by Gasteiger charge is -2.09. The minimum atomic E-state index is -3.32. The van der Waals surface area contributed by atoms with Crippen molar-refractivity contribution in [3.63, 3.8) is 0 Å². The van der Waals surface area contributed by atoms with Crippen molar-refractivity contribution in [2.75, 3.05) is 11.0 Å². The summed E-state index contributed by atoms with van der Waals surface area (Å²) in [5, 5.41) is 12.3. The molecule has 132 valence electrons. The average molecular weight is 358 g/mol. The molecule has 0 aliphatic heterocycles. The van der Waals surface area contributed by atoms with Crippen molar-refractivity contribution in [2.24, 2.45) is 0 Å². The van der Waals surface area contributed by atoms with E-state index < -0.39 is 10.0 Å². The zero-order valence-electron chi connectivity index (χ0n) is 14.7. The third kappa shape index (κ3) is 3.49. The highest BCUT2D eigenvalue weighted by Gasteiger charge is 2.14. The van der Waals surface area contributed by atoms with E-state index in [0.717, 1.165) is 33.7 Å². The van der Waals surface area contributed by atoms with Crippen LogP contribution < -0.4 is 4.72 Å². The number of hydrogen-bond donors (Lipinski definition) is 2. The fourth-order valence-electron chi connectivity index (χ4n) is 3.10. The van der Waals surface area contributed by atoms with Crippen LogP contribution in [0.15, 0.2) is 42.6 Å². The molecule has 2 N–H and O–H groups in total. The molecular formula is C19H22N2O3S. The molecule has 0 unspecified atom stereocenters. The Morgan fingerprint density at radius 3 is 2.48 bits per heavy atom. The van der Waals surface area contributed by atoms with Gasteiger partial charge in [0.25, 0.3) is 0 Å². The van der Waals surface area contributed by atoms with Crippen LogP contribution in [0.2, 0.25) is 0 Å². The van der Waals surface area contributed by atoms with E-state index >= 15 is 0 Å². The summed E-state index contributed by atoms with van der Waals surface area (Å²) < 4.78 is 27.2. The molecule has 0 bridgehead atoms. The van der Waals surface area contributed by atoms with Gasteiger partial charge in [-0.2, -0.15) is 0 Å². The van der Waals surface area contributed by atoms with E-state index in [9.17, 15) is 13.5 Å². The maximum Gasteiger partial charge on any atom is 0.229 e. The first-order valence-corrected chi connectivity index (χ1v) is 9.97. The average Bonchev–Trinajstić information content (AvgIpc) is 2.83. The molecule has 1 aromatic heterocycles. The van der Waals surface area contributed by atoms with Crippen LogP contribution in [-0.2, 0) is 10.0 Å². The largest absolute Gasteiger partial charge is 0.494 e. The van der Waals surface area contributed by atoms with Gasteiger partial charge in [-0.3, -0.25) is 4.72 Å². The summed E-state index contributed by atoms with van der Waals surface area (Å²) in [6, 6.07) is 11.5. The molecule has 0 saturated carbocycles. The highest BCUT2D eigenvalue weighted by Crippen LogP contribution is 2.36. The van der Waals surface area contributed by atoms with Gasteiger partial charge < -0.3 is 9.67 Å². The fourth-order valence-corrected chi connectivity index (χ4v) is 3.65. The Balaban J connectivity index is 2.12. The second-order valence-corrected chi connectivity index (χ2v) is 8.41. The van der Waals surface area contributed by atoms with Gasteiger partial charge in [0.1, 0.15) is 0 Å². The van der Waals surface area contributed by atoms with Gasteiger partial charge in [0.15, 0.2) is 5.88 Å². The molecular weight excluding hydrogens is 336 g/mol. The maximum atomic E-state index is 11.4. The van der Waals surface area contributed by atoms with E-state index in [0.29, 0.717) is 5.69 Å². The molecule has 0 amide bonds. The van der Waals surface area contributed by atoms with E-state index in [1.807, 2.05) is 55.8 Å². The summed E-state index contributed by atoms with van der Waals surface area (Å²) in [5.41, 5.74) is 3.39. The lowest BCUT2D eigenvalue weighted by atomic mass is 9.99. The van der Waals surface area contributed by atoms with Crippen molar-refractivity contribution < 1.29 is 13.5 Å².